The summed E-state index contributed by atoms with van der Waals surface area (Å²) in [6, 6.07) is 0. The smallest absolute Gasteiger partial charge is 0.329 e. The Bertz CT molecular complexity index is 807. The fraction of sp³-hybridized carbons (Fsp3) is 0.706. The van der Waals surface area contributed by atoms with Crippen LogP contribution in [-0.4, -0.2) is 36.1 Å². The summed E-state index contributed by atoms with van der Waals surface area (Å²) in [4.78, 5) is 31.0. The maximum atomic E-state index is 12.3. The van der Waals surface area contributed by atoms with Crippen molar-refractivity contribution in [1.82, 2.24) is 19.1 Å². The van der Waals surface area contributed by atoms with Crippen molar-refractivity contribution in [2.75, 3.05) is 5.75 Å². The molecule has 2 aromatic heterocycles. The van der Waals surface area contributed by atoms with Crippen LogP contribution in [0, 0.1) is 0 Å². The van der Waals surface area contributed by atoms with Crippen LogP contribution in [0.1, 0.15) is 52.4 Å². The summed E-state index contributed by atoms with van der Waals surface area (Å²) in [6.07, 6.45) is 6.49. The molecule has 2 rings (SSSR count). The number of fused-ring (bicyclic) bond motifs is 1. The van der Waals surface area contributed by atoms with E-state index < -0.39 is 17.4 Å². The normalized spacial score (nSPS) is 12.8. The van der Waals surface area contributed by atoms with Crippen molar-refractivity contribution in [2.45, 2.75) is 70.2 Å². The number of H-pyrrole nitrogens is 1. The second-order valence-electron chi connectivity index (χ2n) is 6.46. The zero-order chi connectivity index (χ0) is 18.4. The van der Waals surface area contributed by atoms with Gasteiger partial charge in [-0.3, -0.25) is 14.3 Å². The number of hydrogen-bond donors (Lipinski definition) is 2. The van der Waals surface area contributed by atoms with Crippen molar-refractivity contribution in [3.63, 3.8) is 0 Å². The topological polar surface area (TPSA) is 92.9 Å². The predicted molar refractivity (Wildman–Crippen MR) is 101 cm³/mol. The number of aromatic amines is 1. The van der Waals surface area contributed by atoms with Gasteiger partial charge in [-0.25, -0.2) is 9.78 Å². The minimum Gasteiger partial charge on any atom is -0.393 e. The number of aliphatic hydroxyl groups is 1. The molecule has 1 atom stereocenters. The van der Waals surface area contributed by atoms with E-state index in [4.69, 9.17) is 0 Å². The highest BCUT2D eigenvalue weighted by molar-refractivity contribution is 7.99. The summed E-state index contributed by atoms with van der Waals surface area (Å²) in [7, 11) is 1.60. The van der Waals surface area contributed by atoms with Crippen LogP contribution in [0.5, 0.6) is 0 Å². The highest BCUT2D eigenvalue weighted by Gasteiger charge is 2.17. The molecule has 0 aromatic carbocycles. The molecule has 2 heterocycles. The summed E-state index contributed by atoms with van der Waals surface area (Å²) in [5.41, 5.74) is -0.0363. The summed E-state index contributed by atoms with van der Waals surface area (Å²) < 4.78 is 3.25. The second kappa shape index (κ2) is 9.24. The molecule has 8 heteroatoms. The number of aryl methyl sites for hydroxylation is 2. The molecule has 0 radical (unpaired) electrons. The molecule has 140 valence electrons. The average molecular weight is 369 g/mol. The van der Waals surface area contributed by atoms with Crippen LogP contribution in [0.25, 0.3) is 11.2 Å². The first-order chi connectivity index (χ1) is 12.0. The van der Waals surface area contributed by atoms with E-state index >= 15 is 0 Å². The standard InChI is InChI=1S/C17H28N4O3S/c1-4-5-6-7-8-9-10-21-13-14(18-17(21)25-11-12(2)22)20(3)16(24)19-15(13)23/h12,22H,4-11H2,1-3H3,(H,19,23,24)/t12-/m0/s1. The lowest BCUT2D eigenvalue weighted by atomic mass is 10.1. The zero-order valence-electron chi connectivity index (χ0n) is 15.2. The van der Waals surface area contributed by atoms with Gasteiger partial charge in [-0.1, -0.05) is 50.8 Å². The molecule has 0 fully saturated rings. The van der Waals surface area contributed by atoms with Crippen molar-refractivity contribution < 1.29 is 5.11 Å². The van der Waals surface area contributed by atoms with Crippen LogP contribution < -0.4 is 11.2 Å². The monoisotopic (exact) mass is 368 g/mol. The second-order valence-corrected chi connectivity index (χ2v) is 7.45. The summed E-state index contributed by atoms with van der Waals surface area (Å²) in [5.74, 6) is 0.492. The lowest BCUT2D eigenvalue weighted by Crippen LogP contribution is -2.29. The molecule has 0 unspecified atom stereocenters. The first kappa shape index (κ1) is 19.8. The molecule has 0 amide bonds. The first-order valence-corrected chi connectivity index (χ1v) is 9.94. The molecule has 7 nitrogen and oxygen atoms in total. The van der Waals surface area contributed by atoms with E-state index in [9.17, 15) is 14.7 Å². The molecule has 0 aliphatic heterocycles. The Balaban J connectivity index is 2.27. The number of hydrogen-bond acceptors (Lipinski definition) is 5. The van der Waals surface area contributed by atoms with Gasteiger partial charge in [0, 0.05) is 19.3 Å². The van der Waals surface area contributed by atoms with Gasteiger partial charge in [-0.15, -0.1) is 0 Å². The van der Waals surface area contributed by atoms with Gasteiger partial charge in [0.25, 0.3) is 5.56 Å². The fourth-order valence-electron chi connectivity index (χ4n) is 2.78. The predicted octanol–water partition coefficient (Wildman–Crippen LogP) is 2.26. The third-order valence-electron chi connectivity index (χ3n) is 4.16. The molecule has 0 saturated carbocycles. The molecular formula is C17H28N4O3S. The van der Waals surface area contributed by atoms with E-state index in [2.05, 4.69) is 16.9 Å². The Hall–Kier alpha value is -1.54. The average Bonchev–Trinajstić information content (AvgIpc) is 2.93. The summed E-state index contributed by atoms with van der Waals surface area (Å²) in [5, 5.41) is 10.2. The third-order valence-corrected chi connectivity index (χ3v) is 5.38. The lowest BCUT2D eigenvalue weighted by molar-refractivity contribution is 0.220. The van der Waals surface area contributed by atoms with Gasteiger partial charge in [0.05, 0.1) is 6.10 Å². The largest absolute Gasteiger partial charge is 0.393 e. The molecule has 0 aliphatic rings. The Kier molecular flexibility index (Phi) is 7.31. The molecule has 0 saturated heterocycles. The highest BCUT2D eigenvalue weighted by atomic mass is 32.2. The highest BCUT2D eigenvalue weighted by Crippen LogP contribution is 2.23. The van der Waals surface area contributed by atoms with E-state index in [1.54, 1.807) is 14.0 Å². The van der Waals surface area contributed by atoms with Gasteiger partial charge in [-0.05, 0) is 13.3 Å². The Labute approximate surface area is 151 Å². The fourth-order valence-corrected chi connectivity index (χ4v) is 3.66. The number of thioether (sulfide) groups is 1. The Morgan fingerprint density at radius 1 is 1.20 bits per heavy atom. The number of aliphatic hydroxyl groups excluding tert-OH is 1. The Morgan fingerprint density at radius 3 is 2.56 bits per heavy atom. The first-order valence-electron chi connectivity index (χ1n) is 8.96. The number of nitrogens with one attached hydrogen (secondary N) is 1. The minimum absolute atomic E-state index is 0.396. The van der Waals surface area contributed by atoms with Crippen LogP contribution in [0.4, 0.5) is 0 Å². The van der Waals surface area contributed by atoms with E-state index in [0.29, 0.717) is 28.6 Å². The molecule has 0 bridgehead atoms. The molecule has 2 aromatic rings. The quantitative estimate of drug-likeness (QED) is 0.496. The van der Waals surface area contributed by atoms with Crippen LogP contribution >= 0.6 is 11.8 Å². The van der Waals surface area contributed by atoms with Crippen LogP contribution in [0.3, 0.4) is 0 Å². The number of rotatable bonds is 10. The van der Waals surface area contributed by atoms with Gasteiger partial charge in [-0.2, -0.15) is 0 Å². The van der Waals surface area contributed by atoms with Crippen molar-refractivity contribution in [3.05, 3.63) is 20.8 Å². The molecular weight excluding hydrogens is 340 g/mol. The van der Waals surface area contributed by atoms with E-state index in [-0.39, 0.29) is 0 Å². The molecule has 0 spiro atoms. The number of nitrogens with zero attached hydrogens (tertiary/aromatic N) is 3. The zero-order valence-corrected chi connectivity index (χ0v) is 16.1. The van der Waals surface area contributed by atoms with Gasteiger partial charge < -0.3 is 9.67 Å². The van der Waals surface area contributed by atoms with Crippen molar-refractivity contribution in [1.29, 1.82) is 0 Å². The summed E-state index contributed by atoms with van der Waals surface area (Å²) in [6.45, 7) is 4.60. The lowest BCUT2D eigenvalue weighted by Gasteiger charge is -2.09. The minimum atomic E-state index is -0.464. The van der Waals surface area contributed by atoms with Crippen LogP contribution in [0.2, 0.25) is 0 Å². The molecule has 25 heavy (non-hydrogen) atoms. The van der Waals surface area contributed by atoms with E-state index in [1.807, 2.05) is 4.57 Å². The van der Waals surface area contributed by atoms with Gasteiger partial charge in [0.15, 0.2) is 16.3 Å². The van der Waals surface area contributed by atoms with E-state index in [0.717, 1.165) is 12.8 Å². The SMILES string of the molecule is CCCCCCCCn1c(SC[C@H](C)O)nc2c1c(=O)[nH]c(=O)n2C. The molecule has 2 N–H and O–H groups in total. The summed E-state index contributed by atoms with van der Waals surface area (Å²) >= 11 is 1.41. The van der Waals surface area contributed by atoms with Gasteiger partial charge in [0.1, 0.15) is 0 Å². The van der Waals surface area contributed by atoms with Crippen molar-refractivity contribution >= 4 is 22.9 Å². The van der Waals surface area contributed by atoms with Crippen molar-refractivity contribution in [3.8, 4) is 0 Å². The van der Waals surface area contributed by atoms with Crippen LogP contribution in [0.15, 0.2) is 14.7 Å². The number of unbranched alkanes of at least 4 members (excludes halogenated alkanes) is 5. The number of aromatic nitrogens is 4. The third kappa shape index (κ3) is 4.98. The van der Waals surface area contributed by atoms with E-state index in [1.165, 1.54) is 42.0 Å². The number of imidazole rings is 1. The maximum Gasteiger partial charge on any atom is 0.329 e. The maximum absolute atomic E-state index is 12.3. The van der Waals surface area contributed by atoms with Gasteiger partial charge in [0.2, 0.25) is 0 Å². The van der Waals surface area contributed by atoms with Crippen molar-refractivity contribution in [2.24, 2.45) is 7.05 Å². The van der Waals surface area contributed by atoms with Gasteiger partial charge >= 0.3 is 5.69 Å². The molecule has 0 aliphatic carbocycles. The van der Waals surface area contributed by atoms with Crippen LogP contribution in [-0.2, 0) is 13.6 Å². The Morgan fingerprint density at radius 2 is 1.88 bits per heavy atom.